The number of rotatable bonds is 4. The maximum atomic E-state index is 14.2. The van der Waals surface area contributed by atoms with Crippen LogP contribution in [0.25, 0.3) is 10.2 Å². The first kappa shape index (κ1) is 18.3. The van der Waals surface area contributed by atoms with Crippen LogP contribution in [0, 0.1) is 12.7 Å². The second-order valence-electron chi connectivity index (χ2n) is 6.60. The minimum Gasteiger partial charge on any atom is -0.376 e. The number of thiazole rings is 1. The van der Waals surface area contributed by atoms with Crippen LogP contribution in [0.5, 0.6) is 0 Å². The van der Waals surface area contributed by atoms with E-state index in [0.29, 0.717) is 23.3 Å². The van der Waals surface area contributed by atoms with Crippen molar-refractivity contribution in [3.63, 3.8) is 0 Å². The number of halogens is 2. The van der Waals surface area contributed by atoms with E-state index in [2.05, 4.69) is 4.98 Å². The molecule has 2 aromatic carbocycles. The molecule has 1 aliphatic rings. The van der Waals surface area contributed by atoms with Crippen molar-refractivity contribution in [2.45, 2.75) is 25.9 Å². The second kappa shape index (κ2) is 7.54. The normalized spacial score (nSPS) is 16.8. The van der Waals surface area contributed by atoms with Crippen molar-refractivity contribution in [2.24, 2.45) is 0 Å². The number of ether oxygens (including phenoxy) is 1. The van der Waals surface area contributed by atoms with Gasteiger partial charge in [-0.25, -0.2) is 9.37 Å². The van der Waals surface area contributed by atoms with Gasteiger partial charge in [-0.1, -0.05) is 35.1 Å². The maximum absolute atomic E-state index is 14.2. The molecule has 1 saturated heterocycles. The highest BCUT2D eigenvalue weighted by molar-refractivity contribution is 7.22. The number of amides is 1. The standard InChI is InChI=1S/C20H18ClFN2O2S/c1-12-9-13(21)10-17-18(12)23-20(27-17)24(11-14-5-4-8-26-14)19(25)15-6-2-3-7-16(15)22/h2-3,6-7,9-10,14H,4-5,8,11H2,1H3. The van der Waals surface area contributed by atoms with E-state index in [-0.39, 0.29) is 11.7 Å². The molecule has 4 nitrogen and oxygen atoms in total. The SMILES string of the molecule is Cc1cc(Cl)cc2sc(N(CC3CCCO3)C(=O)c3ccccc3F)nc12. The largest absolute Gasteiger partial charge is 0.376 e. The van der Waals surface area contributed by atoms with Gasteiger partial charge in [0.1, 0.15) is 5.82 Å². The molecular weight excluding hydrogens is 387 g/mol. The lowest BCUT2D eigenvalue weighted by atomic mass is 10.1. The Balaban J connectivity index is 1.76. The summed E-state index contributed by atoms with van der Waals surface area (Å²) in [5.74, 6) is -0.952. The smallest absolute Gasteiger partial charge is 0.263 e. The third-order valence-electron chi connectivity index (χ3n) is 4.63. The number of hydrogen-bond acceptors (Lipinski definition) is 4. The predicted molar refractivity (Wildman–Crippen MR) is 106 cm³/mol. The molecule has 1 aliphatic heterocycles. The Morgan fingerprint density at radius 3 is 2.96 bits per heavy atom. The first-order valence-electron chi connectivity index (χ1n) is 8.77. The molecular formula is C20H18ClFN2O2S. The lowest BCUT2D eigenvalue weighted by Crippen LogP contribution is -2.37. The zero-order valence-corrected chi connectivity index (χ0v) is 16.3. The summed E-state index contributed by atoms with van der Waals surface area (Å²) >= 11 is 7.54. The minimum atomic E-state index is -0.542. The van der Waals surface area contributed by atoms with E-state index < -0.39 is 11.7 Å². The molecule has 0 radical (unpaired) electrons. The van der Waals surface area contributed by atoms with Gasteiger partial charge in [0.15, 0.2) is 5.13 Å². The van der Waals surface area contributed by atoms with Crippen molar-refractivity contribution < 1.29 is 13.9 Å². The van der Waals surface area contributed by atoms with Gasteiger partial charge < -0.3 is 4.74 Å². The van der Waals surface area contributed by atoms with Gasteiger partial charge >= 0.3 is 0 Å². The van der Waals surface area contributed by atoms with Crippen molar-refractivity contribution in [3.8, 4) is 0 Å². The zero-order valence-electron chi connectivity index (χ0n) is 14.7. The van der Waals surface area contributed by atoms with Gasteiger partial charge in [-0.2, -0.15) is 0 Å². The van der Waals surface area contributed by atoms with Crippen LogP contribution < -0.4 is 4.90 Å². The van der Waals surface area contributed by atoms with Crippen molar-refractivity contribution >= 4 is 44.2 Å². The number of benzene rings is 2. The molecule has 140 valence electrons. The van der Waals surface area contributed by atoms with Gasteiger partial charge in [-0.05, 0) is 49.6 Å². The van der Waals surface area contributed by atoms with Crippen LogP contribution in [0.4, 0.5) is 9.52 Å². The van der Waals surface area contributed by atoms with E-state index >= 15 is 0 Å². The second-order valence-corrected chi connectivity index (χ2v) is 8.04. The fourth-order valence-corrected chi connectivity index (χ4v) is 4.71. The topological polar surface area (TPSA) is 42.4 Å². The van der Waals surface area contributed by atoms with Gasteiger partial charge in [0, 0.05) is 11.6 Å². The molecule has 0 N–H and O–H groups in total. The lowest BCUT2D eigenvalue weighted by Gasteiger charge is -2.23. The molecule has 0 saturated carbocycles. The fourth-order valence-electron chi connectivity index (χ4n) is 3.28. The summed E-state index contributed by atoms with van der Waals surface area (Å²) in [6, 6.07) is 9.69. The van der Waals surface area contributed by atoms with Crippen molar-refractivity contribution in [2.75, 3.05) is 18.1 Å². The maximum Gasteiger partial charge on any atom is 0.263 e. The first-order valence-corrected chi connectivity index (χ1v) is 9.97. The summed E-state index contributed by atoms with van der Waals surface area (Å²) in [5.41, 5.74) is 1.78. The van der Waals surface area contributed by atoms with Crippen LogP contribution in [0.3, 0.4) is 0 Å². The Morgan fingerprint density at radius 1 is 1.41 bits per heavy atom. The molecule has 1 aromatic heterocycles. The summed E-state index contributed by atoms with van der Waals surface area (Å²) < 4.78 is 20.8. The van der Waals surface area contributed by atoms with Crippen LogP contribution in [-0.4, -0.2) is 30.1 Å². The Bertz CT molecular complexity index is 1000. The van der Waals surface area contributed by atoms with Crippen molar-refractivity contribution in [3.05, 3.63) is 58.4 Å². The molecule has 1 amide bonds. The van der Waals surface area contributed by atoms with Gasteiger partial charge in [0.05, 0.1) is 28.4 Å². The van der Waals surface area contributed by atoms with Crippen LogP contribution in [0.2, 0.25) is 5.02 Å². The number of nitrogens with zero attached hydrogens (tertiary/aromatic N) is 2. The van der Waals surface area contributed by atoms with Crippen LogP contribution in [0.15, 0.2) is 36.4 Å². The van der Waals surface area contributed by atoms with Crippen LogP contribution in [0.1, 0.15) is 28.8 Å². The van der Waals surface area contributed by atoms with Crippen molar-refractivity contribution in [1.29, 1.82) is 0 Å². The molecule has 27 heavy (non-hydrogen) atoms. The predicted octanol–water partition coefficient (Wildman–Crippen LogP) is 5.22. The van der Waals surface area contributed by atoms with E-state index in [1.807, 2.05) is 19.1 Å². The Morgan fingerprint density at radius 2 is 2.22 bits per heavy atom. The molecule has 2 heterocycles. The average molecular weight is 405 g/mol. The van der Waals surface area contributed by atoms with E-state index in [0.717, 1.165) is 28.6 Å². The Labute approximate surface area is 165 Å². The summed E-state index contributed by atoms with van der Waals surface area (Å²) in [5, 5.41) is 1.15. The number of aromatic nitrogens is 1. The number of carbonyl (C=O) groups excluding carboxylic acids is 1. The Hall–Kier alpha value is -2.02. The highest BCUT2D eigenvalue weighted by Crippen LogP contribution is 2.34. The summed E-state index contributed by atoms with van der Waals surface area (Å²) in [4.78, 5) is 19.3. The molecule has 0 spiro atoms. The van der Waals surface area contributed by atoms with Gasteiger partial charge in [-0.15, -0.1) is 0 Å². The third-order valence-corrected chi connectivity index (χ3v) is 5.87. The van der Waals surface area contributed by atoms with Gasteiger partial charge in [0.2, 0.25) is 0 Å². The van der Waals surface area contributed by atoms with E-state index in [1.54, 1.807) is 12.1 Å². The lowest BCUT2D eigenvalue weighted by molar-refractivity contribution is 0.0914. The van der Waals surface area contributed by atoms with Gasteiger partial charge in [-0.3, -0.25) is 9.69 Å². The monoisotopic (exact) mass is 404 g/mol. The molecule has 4 rings (SSSR count). The molecule has 1 atom stereocenters. The average Bonchev–Trinajstić information content (AvgIpc) is 3.29. The van der Waals surface area contributed by atoms with Crippen LogP contribution >= 0.6 is 22.9 Å². The molecule has 0 bridgehead atoms. The van der Waals surface area contributed by atoms with Crippen LogP contribution in [-0.2, 0) is 4.74 Å². The number of aryl methyl sites for hydroxylation is 1. The summed E-state index contributed by atoms with van der Waals surface area (Å²) in [6.07, 6.45) is 1.76. The highest BCUT2D eigenvalue weighted by atomic mass is 35.5. The Kier molecular flexibility index (Phi) is 5.12. The number of carbonyl (C=O) groups is 1. The molecule has 3 aromatic rings. The minimum absolute atomic E-state index is 0.0320. The van der Waals surface area contributed by atoms with E-state index in [9.17, 15) is 9.18 Å². The van der Waals surface area contributed by atoms with E-state index in [1.165, 1.54) is 28.4 Å². The molecule has 7 heteroatoms. The summed E-state index contributed by atoms with van der Waals surface area (Å²) in [6.45, 7) is 2.96. The summed E-state index contributed by atoms with van der Waals surface area (Å²) in [7, 11) is 0. The van der Waals surface area contributed by atoms with Crippen molar-refractivity contribution in [1.82, 2.24) is 4.98 Å². The molecule has 1 unspecified atom stereocenters. The third kappa shape index (κ3) is 3.70. The molecule has 1 fully saturated rings. The molecule has 0 aliphatic carbocycles. The fraction of sp³-hybridized carbons (Fsp3) is 0.300. The number of anilines is 1. The first-order chi connectivity index (χ1) is 13.0. The van der Waals surface area contributed by atoms with E-state index in [4.69, 9.17) is 16.3 Å². The van der Waals surface area contributed by atoms with Gasteiger partial charge in [0.25, 0.3) is 5.91 Å². The zero-order chi connectivity index (χ0) is 19.0. The number of hydrogen-bond donors (Lipinski definition) is 0. The number of fused-ring (bicyclic) bond motifs is 1. The highest BCUT2D eigenvalue weighted by Gasteiger charge is 2.28. The quantitative estimate of drug-likeness (QED) is 0.598.